The van der Waals surface area contributed by atoms with Crippen molar-refractivity contribution in [3.63, 3.8) is 0 Å². The van der Waals surface area contributed by atoms with Gasteiger partial charge >= 0.3 is 0 Å². The Bertz CT molecular complexity index is 362. The van der Waals surface area contributed by atoms with Crippen molar-refractivity contribution in [2.24, 2.45) is 0 Å². The molecule has 2 unspecified atom stereocenters. The minimum Gasteiger partial charge on any atom is -0.381 e. The van der Waals surface area contributed by atoms with Crippen molar-refractivity contribution in [2.45, 2.75) is 44.9 Å². The Kier molecular flexibility index (Phi) is 3.80. The van der Waals surface area contributed by atoms with E-state index in [9.17, 15) is 0 Å². The van der Waals surface area contributed by atoms with Crippen LogP contribution in [0.5, 0.6) is 0 Å². The fourth-order valence-electron chi connectivity index (χ4n) is 2.16. The van der Waals surface area contributed by atoms with Crippen LogP contribution in [0.4, 0.5) is 5.69 Å². The van der Waals surface area contributed by atoms with Crippen LogP contribution in [0.3, 0.4) is 0 Å². The highest BCUT2D eigenvalue weighted by Crippen LogP contribution is 2.28. The van der Waals surface area contributed by atoms with Crippen LogP contribution < -0.4 is 5.32 Å². The second kappa shape index (κ2) is 5.13. The van der Waals surface area contributed by atoms with Crippen LogP contribution >= 0.6 is 11.8 Å². The summed E-state index contributed by atoms with van der Waals surface area (Å²) in [5.41, 5.74) is 4.03. The van der Waals surface area contributed by atoms with Gasteiger partial charge in [-0.15, -0.1) is 0 Å². The summed E-state index contributed by atoms with van der Waals surface area (Å²) in [5, 5.41) is 4.41. The summed E-state index contributed by atoms with van der Waals surface area (Å²) >= 11 is 2.09. The number of thioether (sulfide) groups is 1. The number of aryl methyl sites for hydroxylation is 2. The molecular formula is C14H21NS. The molecule has 2 rings (SSSR count). The molecule has 1 aliphatic rings. The second-order valence-corrected chi connectivity index (χ2v) is 6.25. The molecule has 2 heteroatoms. The Morgan fingerprint density at radius 3 is 2.75 bits per heavy atom. The minimum absolute atomic E-state index is 0.640. The van der Waals surface area contributed by atoms with Crippen molar-refractivity contribution in [1.82, 2.24) is 0 Å². The average Bonchev–Trinajstić information content (AvgIpc) is 2.27. The molecule has 1 aromatic rings. The van der Waals surface area contributed by atoms with E-state index in [0.717, 1.165) is 5.25 Å². The quantitative estimate of drug-likeness (QED) is 0.831. The number of hydrogen-bond acceptors (Lipinski definition) is 2. The number of nitrogens with one attached hydrogen (secondary N) is 1. The summed E-state index contributed by atoms with van der Waals surface area (Å²) in [6.45, 7) is 6.68. The maximum absolute atomic E-state index is 3.68. The predicted molar refractivity (Wildman–Crippen MR) is 74.5 cm³/mol. The number of rotatable bonds is 2. The van der Waals surface area contributed by atoms with E-state index in [2.05, 4.69) is 56.0 Å². The molecule has 0 aromatic heterocycles. The third-order valence-electron chi connectivity index (χ3n) is 3.47. The summed E-state index contributed by atoms with van der Waals surface area (Å²) in [4.78, 5) is 0. The van der Waals surface area contributed by atoms with E-state index < -0.39 is 0 Å². The summed E-state index contributed by atoms with van der Waals surface area (Å²) in [6.07, 6.45) is 2.65. The molecule has 1 fully saturated rings. The first kappa shape index (κ1) is 11.8. The largest absolute Gasteiger partial charge is 0.381 e. The van der Waals surface area contributed by atoms with E-state index in [0.29, 0.717) is 6.04 Å². The lowest BCUT2D eigenvalue weighted by molar-refractivity contribution is 0.617. The Labute approximate surface area is 103 Å². The summed E-state index contributed by atoms with van der Waals surface area (Å²) < 4.78 is 0. The fraction of sp³-hybridized carbons (Fsp3) is 0.571. The minimum atomic E-state index is 0.640. The molecule has 2 atom stereocenters. The molecule has 1 saturated heterocycles. The van der Waals surface area contributed by atoms with Crippen LogP contribution in [0.2, 0.25) is 0 Å². The van der Waals surface area contributed by atoms with Gasteiger partial charge in [-0.3, -0.25) is 0 Å². The van der Waals surface area contributed by atoms with E-state index >= 15 is 0 Å². The van der Waals surface area contributed by atoms with Gasteiger partial charge in [0, 0.05) is 17.0 Å². The lowest BCUT2D eigenvalue weighted by Crippen LogP contribution is -2.32. The van der Waals surface area contributed by atoms with Crippen molar-refractivity contribution < 1.29 is 0 Å². The fourth-order valence-corrected chi connectivity index (χ4v) is 3.30. The molecular weight excluding hydrogens is 214 g/mol. The van der Waals surface area contributed by atoms with Gasteiger partial charge in [0.15, 0.2) is 0 Å². The Morgan fingerprint density at radius 1 is 1.25 bits per heavy atom. The molecule has 0 spiro atoms. The Hall–Kier alpha value is -0.630. The van der Waals surface area contributed by atoms with E-state index in [1.165, 1.54) is 35.4 Å². The van der Waals surface area contributed by atoms with Gasteiger partial charge in [-0.1, -0.05) is 13.0 Å². The molecule has 0 amide bonds. The predicted octanol–water partition coefficient (Wildman–Crippen LogP) is 4.00. The van der Waals surface area contributed by atoms with Crippen LogP contribution in [-0.2, 0) is 0 Å². The van der Waals surface area contributed by atoms with Crippen LogP contribution in [0.1, 0.15) is 30.9 Å². The normalized spacial score (nSPS) is 25.4. The molecule has 1 heterocycles. The lowest BCUT2D eigenvalue weighted by Gasteiger charge is -2.30. The third-order valence-corrected chi connectivity index (χ3v) is 4.84. The van der Waals surface area contributed by atoms with Gasteiger partial charge in [0.05, 0.1) is 0 Å². The van der Waals surface area contributed by atoms with Crippen LogP contribution in [0.15, 0.2) is 18.2 Å². The van der Waals surface area contributed by atoms with Gasteiger partial charge in [0.2, 0.25) is 0 Å². The van der Waals surface area contributed by atoms with Gasteiger partial charge in [0.25, 0.3) is 0 Å². The van der Waals surface area contributed by atoms with Crippen LogP contribution in [-0.4, -0.2) is 17.0 Å². The van der Waals surface area contributed by atoms with E-state index in [4.69, 9.17) is 0 Å². The summed E-state index contributed by atoms with van der Waals surface area (Å²) in [6, 6.07) is 7.31. The Balaban J connectivity index is 2.05. The second-order valence-electron chi connectivity index (χ2n) is 4.77. The van der Waals surface area contributed by atoms with E-state index in [1.54, 1.807) is 0 Å². The molecule has 0 bridgehead atoms. The van der Waals surface area contributed by atoms with Gasteiger partial charge in [-0.25, -0.2) is 0 Å². The summed E-state index contributed by atoms with van der Waals surface area (Å²) in [5.74, 6) is 1.33. The van der Waals surface area contributed by atoms with E-state index in [-0.39, 0.29) is 0 Å². The molecule has 1 N–H and O–H groups in total. The highest BCUT2D eigenvalue weighted by molar-refractivity contribution is 8.00. The van der Waals surface area contributed by atoms with Crippen molar-refractivity contribution in [1.29, 1.82) is 0 Å². The van der Waals surface area contributed by atoms with Gasteiger partial charge in [0.1, 0.15) is 0 Å². The van der Waals surface area contributed by atoms with Crippen LogP contribution in [0.25, 0.3) is 0 Å². The molecule has 0 saturated carbocycles. The number of hydrogen-bond donors (Lipinski definition) is 1. The first-order valence-corrected chi connectivity index (χ1v) is 7.17. The zero-order valence-corrected chi connectivity index (χ0v) is 11.2. The van der Waals surface area contributed by atoms with Crippen molar-refractivity contribution in [3.8, 4) is 0 Å². The highest BCUT2D eigenvalue weighted by Gasteiger charge is 2.21. The molecule has 88 valence electrons. The number of benzene rings is 1. The SMILES string of the molecule is Cc1ccc(NC2CCCSC2C)cc1C. The molecule has 1 aliphatic heterocycles. The Morgan fingerprint density at radius 2 is 2.06 bits per heavy atom. The molecule has 1 aromatic carbocycles. The van der Waals surface area contributed by atoms with Crippen molar-refractivity contribution >= 4 is 17.4 Å². The maximum Gasteiger partial charge on any atom is 0.0377 e. The molecule has 16 heavy (non-hydrogen) atoms. The first-order chi connectivity index (χ1) is 7.66. The summed E-state index contributed by atoms with van der Waals surface area (Å²) in [7, 11) is 0. The first-order valence-electron chi connectivity index (χ1n) is 6.12. The highest BCUT2D eigenvalue weighted by atomic mass is 32.2. The lowest BCUT2D eigenvalue weighted by atomic mass is 10.1. The van der Waals surface area contributed by atoms with Gasteiger partial charge < -0.3 is 5.32 Å². The molecule has 0 aliphatic carbocycles. The molecule has 0 radical (unpaired) electrons. The monoisotopic (exact) mass is 235 g/mol. The zero-order valence-electron chi connectivity index (χ0n) is 10.4. The van der Waals surface area contributed by atoms with Crippen molar-refractivity contribution in [3.05, 3.63) is 29.3 Å². The topological polar surface area (TPSA) is 12.0 Å². The molecule has 1 nitrogen and oxygen atoms in total. The van der Waals surface area contributed by atoms with Crippen LogP contribution in [0, 0.1) is 13.8 Å². The maximum atomic E-state index is 3.68. The smallest absolute Gasteiger partial charge is 0.0377 e. The van der Waals surface area contributed by atoms with Gasteiger partial charge in [-0.2, -0.15) is 11.8 Å². The number of anilines is 1. The van der Waals surface area contributed by atoms with E-state index in [1.807, 2.05) is 0 Å². The van der Waals surface area contributed by atoms with Crippen molar-refractivity contribution in [2.75, 3.05) is 11.1 Å². The zero-order chi connectivity index (χ0) is 11.5. The van der Waals surface area contributed by atoms with Gasteiger partial charge in [-0.05, 0) is 55.7 Å². The standard InChI is InChI=1S/C14H21NS/c1-10-6-7-13(9-11(10)2)15-14-5-4-8-16-12(14)3/h6-7,9,12,14-15H,4-5,8H2,1-3H3. The average molecular weight is 235 g/mol. The third kappa shape index (κ3) is 2.73.